The first-order valence-electron chi connectivity index (χ1n) is 10.2. The van der Waals surface area contributed by atoms with Crippen molar-refractivity contribution >= 4 is 0 Å². The van der Waals surface area contributed by atoms with E-state index in [0.717, 1.165) is 30.8 Å². The molecule has 0 amide bonds. The summed E-state index contributed by atoms with van der Waals surface area (Å²) < 4.78 is 5.86. The first-order chi connectivity index (χ1) is 10.8. The summed E-state index contributed by atoms with van der Waals surface area (Å²) in [5.74, 6) is 2.76. The first kappa shape index (κ1) is 19.2. The summed E-state index contributed by atoms with van der Waals surface area (Å²) in [6, 6.07) is 0. The molecule has 2 heteroatoms. The highest BCUT2D eigenvalue weighted by molar-refractivity contribution is 4.83. The highest BCUT2D eigenvalue weighted by atomic mass is 16.5. The molecule has 2 aliphatic rings. The number of hydrogen-bond acceptors (Lipinski definition) is 2. The molecule has 2 nitrogen and oxygen atoms in total. The number of ether oxygens (including phenoxy) is 1. The number of rotatable bonds is 6. The lowest BCUT2D eigenvalue weighted by atomic mass is 9.66. The Hall–Kier alpha value is -0.0800. The normalized spacial score (nSPS) is 35.2. The molecule has 1 saturated carbocycles. The molecular formula is C21H41NO. The summed E-state index contributed by atoms with van der Waals surface area (Å²) in [4.78, 5) is 2.63. The minimum atomic E-state index is 0.401. The summed E-state index contributed by atoms with van der Waals surface area (Å²) >= 11 is 0. The second-order valence-corrected chi connectivity index (χ2v) is 9.38. The minimum absolute atomic E-state index is 0.401. The lowest BCUT2D eigenvalue weighted by molar-refractivity contribution is -0.0716. The molecular weight excluding hydrogens is 282 g/mol. The van der Waals surface area contributed by atoms with Crippen molar-refractivity contribution in [3.63, 3.8) is 0 Å². The number of nitrogens with zero attached hydrogens (tertiary/aromatic N) is 1. The molecule has 1 aliphatic heterocycles. The van der Waals surface area contributed by atoms with Crippen molar-refractivity contribution in [2.45, 2.75) is 92.3 Å². The third-order valence-corrected chi connectivity index (χ3v) is 6.66. The molecule has 0 aromatic heterocycles. The van der Waals surface area contributed by atoms with Crippen LogP contribution in [0.3, 0.4) is 0 Å². The van der Waals surface area contributed by atoms with E-state index >= 15 is 0 Å². The van der Waals surface area contributed by atoms with Gasteiger partial charge in [0.2, 0.25) is 0 Å². The van der Waals surface area contributed by atoms with Gasteiger partial charge in [-0.15, -0.1) is 0 Å². The molecule has 1 aliphatic carbocycles. The van der Waals surface area contributed by atoms with Crippen molar-refractivity contribution in [2.24, 2.45) is 23.2 Å². The van der Waals surface area contributed by atoms with Gasteiger partial charge < -0.3 is 4.74 Å². The van der Waals surface area contributed by atoms with Crippen molar-refractivity contribution in [3.05, 3.63) is 0 Å². The Balaban J connectivity index is 1.71. The Morgan fingerprint density at radius 2 is 1.61 bits per heavy atom. The van der Waals surface area contributed by atoms with Crippen LogP contribution < -0.4 is 0 Å². The third kappa shape index (κ3) is 5.74. The molecule has 0 bridgehead atoms. The van der Waals surface area contributed by atoms with Crippen molar-refractivity contribution in [2.75, 3.05) is 19.6 Å². The van der Waals surface area contributed by atoms with Gasteiger partial charge in [-0.1, -0.05) is 47.0 Å². The van der Waals surface area contributed by atoms with E-state index in [1.165, 1.54) is 45.1 Å². The Labute approximate surface area is 145 Å². The summed E-state index contributed by atoms with van der Waals surface area (Å²) in [5, 5.41) is 0. The lowest BCUT2D eigenvalue weighted by Gasteiger charge is -2.40. The van der Waals surface area contributed by atoms with Gasteiger partial charge in [0.05, 0.1) is 12.2 Å². The van der Waals surface area contributed by atoms with E-state index in [4.69, 9.17) is 4.74 Å². The van der Waals surface area contributed by atoms with Crippen LogP contribution in [0.25, 0.3) is 0 Å². The molecule has 0 aromatic carbocycles. The molecule has 0 spiro atoms. The molecule has 136 valence electrons. The summed E-state index contributed by atoms with van der Waals surface area (Å²) in [6.45, 7) is 17.7. The second kappa shape index (κ2) is 8.34. The van der Waals surface area contributed by atoms with Crippen LogP contribution in [0.4, 0.5) is 0 Å². The van der Waals surface area contributed by atoms with Crippen molar-refractivity contribution in [3.8, 4) is 0 Å². The first-order valence-corrected chi connectivity index (χ1v) is 10.2. The highest BCUT2D eigenvalue weighted by Crippen LogP contribution is 2.43. The van der Waals surface area contributed by atoms with Crippen LogP contribution in [0.1, 0.15) is 80.1 Å². The van der Waals surface area contributed by atoms with Crippen LogP contribution in [0.15, 0.2) is 0 Å². The van der Waals surface area contributed by atoms with Crippen LogP contribution >= 0.6 is 0 Å². The molecule has 0 aromatic rings. The van der Waals surface area contributed by atoms with Crippen LogP contribution in [0, 0.1) is 23.2 Å². The highest BCUT2D eigenvalue weighted by Gasteiger charge is 2.32. The zero-order chi connectivity index (χ0) is 17.0. The smallest absolute Gasteiger partial charge is 0.0678 e. The number of hydrogen-bond donors (Lipinski definition) is 0. The summed E-state index contributed by atoms with van der Waals surface area (Å²) in [7, 11) is 0. The average molecular weight is 324 g/mol. The van der Waals surface area contributed by atoms with E-state index in [9.17, 15) is 0 Å². The van der Waals surface area contributed by atoms with Gasteiger partial charge in [-0.05, 0) is 56.3 Å². The predicted molar refractivity (Wildman–Crippen MR) is 99.8 cm³/mol. The SMILES string of the molecule is CCC(C)(C)C1CCC(CC(C)CN2CC(C)OC(C)C2)CC1. The van der Waals surface area contributed by atoms with E-state index in [1.54, 1.807) is 0 Å². The molecule has 3 unspecified atom stereocenters. The van der Waals surface area contributed by atoms with Gasteiger partial charge in [-0.2, -0.15) is 0 Å². The standard InChI is InChI=1S/C21H41NO/c1-7-21(5,6)20-10-8-19(9-11-20)12-16(2)13-22-14-17(3)23-18(4)15-22/h16-20H,7-15H2,1-6H3. The van der Waals surface area contributed by atoms with Crippen LogP contribution in [0.5, 0.6) is 0 Å². The van der Waals surface area contributed by atoms with Crippen molar-refractivity contribution in [1.82, 2.24) is 4.90 Å². The molecule has 1 heterocycles. The summed E-state index contributed by atoms with van der Waals surface area (Å²) in [5.41, 5.74) is 0.552. The van der Waals surface area contributed by atoms with E-state index in [2.05, 4.69) is 46.4 Å². The fourth-order valence-electron chi connectivity index (χ4n) is 4.99. The zero-order valence-electron chi connectivity index (χ0n) is 16.6. The molecule has 0 N–H and O–H groups in total. The fraction of sp³-hybridized carbons (Fsp3) is 1.00. The van der Waals surface area contributed by atoms with Gasteiger partial charge in [0.15, 0.2) is 0 Å². The molecule has 2 rings (SSSR count). The van der Waals surface area contributed by atoms with Gasteiger partial charge >= 0.3 is 0 Å². The molecule has 0 radical (unpaired) electrons. The topological polar surface area (TPSA) is 12.5 Å². The van der Waals surface area contributed by atoms with E-state index < -0.39 is 0 Å². The Morgan fingerprint density at radius 3 is 2.13 bits per heavy atom. The van der Waals surface area contributed by atoms with Gasteiger partial charge in [0, 0.05) is 19.6 Å². The quantitative estimate of drug-likeness (QED) is 0.652. The molecule has 3 atom stereocenters. The van der Waals surface area contributed by atoms with Gasteiger partial charge in [-0.25, -0.2) is 0 Å². The fourth-order valence-corrected chi connectivity index (χ4v) is 4.99. The summed E-state index contributed by atoms with van der Waals surface area (Å²) in [6.07, 6.45) is 9.41. The third-order valence-electron chi connectivity index (χ3n) is 6.66. The number of morpholine rings is 1. The Kier molecular flexibility index (Phi) is 6.98. The monoisotopic (exact) mass is 323 g/mol. The van der Waals surface area contributed by atoms with Crippen LogP contribution in [-0.4, -0.2) is 36.7 Å². The minimum Gasteiger partial charge on any atom is -0.373 e. The van der Waals surface area contributed by atoms with Gasteiger partial charge in [-0.3, -0.25) is 4.90 Å². The Bertz CT molecular complexity index is 336. The van der Waals surface area contributed by atoms with Gasteiger partial charge in [0.25, 0.3) is 0 Å². The second-order valence-electron chi connectivity index (χ2n) is 9.38. The molecule has 23 heavy (non-hydrogen) atoms. The zero-order valence-corrected chi connectivity index (χ0v) is 16.6. The maximum atomic E-state index is 5.86. The average Bonchev–Trinajstić information content (AvgIpc) is 2.46. The van der Waals surface area contributed by atoms with E-state index in [-0.39, 0.29) is 0 Å². The maximum Gasteiger partial charge on any atom is 0.0678 e. The molecule has 1 saturated heterocycles. The predicted octanol–water partition coefficient (Wildman–Crippen LogP) is 5.36. The van der Waals surface area contributed by atoms with E-state index in [1.807, 2.05) is 0 Å². The van der Waals surface area contributed by atoms with Crippen molar-refractivity contribution in [1.29, 1.82) is 0 Å². The van der Waals surface area contributed by atoms with Crippen molar-refractivity contribution < 1.29 is 4.74 Å². The Morgan fingerprint density at radius 1 is 1.04 bits per heavy atom. The van der Waals surface area contributed by atoms with Crippen LogP contribution in [0.2, 0.25) is 0 Å². The van der Waals surface area contributed by atoms with Gasteiger partial charge in [0.1, 0.15) is 0 Å². The lowest BCUT2D eigenvalue weighted by Crippen LogP contribution is -2.47. The maximum absolute atomic E-state index is 5.86. The molecule has 2 fully saturated rings. The van der Waals surface area contributed by atoms with E-state index in [0.29, 0.717) is 17.6 Å². The largest absolute Gasteiger partial charge is 0.373 e. The van der Waals surface area contributed by atoms with Crippen LogP contribution in [-0.2, 0) is 4.74 Å².